The number of halogens is 1. The molecule has 0 N–H and O–H groups in total. The molecule has 0 saturated heterocycles. The maximum Gasteiger partial charge on any atom is 0.305 e. The van der Waals surface area contributed by atoms with Crippen molar-refractivity contribution in [3.63, 3.8) is 0 Å². The van der Waals surface area contributed by atoms with E-state index in [-0.39, 0.29) is 23.0 Å². The fraction of sp³-hybridized carbons (Fsp3) is 0.476. The van der Waals surface area contributed by atoms with Crippen LogP contribution in [0.3, 0.4) is 0 Å². The topological polar surface area (TPSA) is 44.1 Å². The summed E-state index contributed by atoms with van der Waals surface area (Å²) in [5.74, 6) is -0.0461. The lowest BCUT2D eigenvalue weighted by atomic mass is 10.00. The number of benzene rings is 3. The van der Waals surface area contributed by atoms with E-state index in [1.165, 1.54) is 93.0 Å². The van der Waals surface area contributed by atoms with Gasteiger partial charge in [0.25, 0.3) is 0 Å². The van der Waals surface area contributed by atoms with E-state index in [0.717, 1.165) is 25.4 Å². The zero-order valence-corrected chi connectivity index (χ0v) is 31.7. The lowest BCUT2D eigenvalue weighted by Gasteiger charge is -2.27. The number of hydrogen-bond acceptors (Lipinski definition) is 3. The average Bonchev–Trinajstić information content (AvgIpc) is 3.66. The van der Waals surface area contributed by atoms with Crippen LogP contribution in [0.25, 0.3) is 0 Å². The van der Waals surface area contributed by atoms with Crippen LogP contribution in [-0.2, 0) is 9.53 Å². The van der Waals surface area contributed by atoms with Gasteiger partial charge in [-0.25, -0.2) is 4.98 Å². The van der Waals surface area contributed by atoms with Crippen molar-refractivity contribution in [2.24, 2.45) is 0 Å². The third kappa shape index (κ3) is 12.9. The molecule has 0 spiro atoms. The minimum absolute atomic E-state index is 0. The highest BCUT2D eigenvalue weighted by atomic mass is 79.9. The molecule has 0 aliphatic carbocycles. The van der Waals surface area contributed by atoms with Crippen LogP contribution in [0.4, 0.5) is 0 Å². The second-order valence-electron chi connectivity index (χ2n) is 13.0. The molecule has 0 amide bonds. The minimum atomic E-state index is -1.88. The summed E-state index contributed by atoms with van der Waals surface area (Å²) >= 11 is 0. The van der Waals surface area contributed by atoms with E-state index in [2.05, 4.69) is 114 Å². The summed E-state index contributed by atoms with van der Waals surface area (Å²) in [6.07, 6.45) is 26.0. The van der Waals surface area contributed by atoms with Gasteiger partial charge in [-0.05, 0) is 55.7 Å². The van der Waals surface area contributed by atoms with E-state index in [1.807, 2.05) is 12.5 Å². The molecule has 4 aromatic rings. The Labute approximate surface area is 302 Å². The smallest absolute Gasteiger partial charge is 0.305 e. The molecule has 1 aromatic heterocycles. The molecule has 0 radical (unpaired) electrons. The van der Waals surface area contributed by atoms with Gasteiger partial charge in [0.15, 0.2) is 0 Å². The van der Waals surface area contributed by atoms with Crippen LogP contribution in [0.5, 0.6) is 0 Å². The Morgan fingerprint density at radius 3 is 1.62 bits per heavy atom. The molecule has 4 nitrogen and oxygen atoms in total. The summed E-state index contributed by atoms with van der Waals surface area (Å²) in [5, 5.41) is 4.13. The SMILES string of the molecule is CCCCCC[C@@H](CCCCCCCCCCC(=O)OCCC[P+](c1ccccc1)(c1ccccc1)c1ccccc1)n1ccnc1.[Br-]. The standard InChI is InChI=1S/C42H58N2O2P.BrH/c1-2-3-4-14-24-38(44-34-33-43-37-44)25-15-9-7-5-6-8-10-22-32-42(45)46-35-23-36-47(39-26-16-11-17-27-39,40-28-18-12-19-29-40)41-30-20-13-21-31-41;/h11-13,16-21,26-31,33-34,37-38H,2-10,14-15,22-25,32,35-36H2,1H3;1H/q+1;/p-1/t38-;/m0./s1. The van der Waals surface area contributed by atoms with Crippen molar-refractivity contribution in [2.75, 3.05) is 12.8 Å². The van der Waals surface area contributed by atoms with Gasteiger partial charge in [-0.1, -0.05) is 132 Å². The number of nitrogens with zero attached hydrogens (tertiary/aromatic N) is 2. The fourth-order valence-corrected chi connectivity index (χ4v) is 11.2. The van der Waals surface area contributed by atoms with Crippen LogP contribution in [0, 0.1) is 0 Å². The Hall–Kier alpha value is -2.75. The zero-order valence-electron chi connectivity index (χ0n) is 29.2. The number of unbranched alkanes of at least 4 members (excludes halogenated alkanes) is 10. The van der Waals surface area contributed by atoms with Gasteiger partial charge in [0, 0.05) is 31.3 Å². The molecule has 1 atom stereocenters. The summed E-state index contributed by atoms with van der Waals surface area (Å²) in [6, 6.07) is 33.4. The number of carbonyl (C=O) groups excluding carboxylic acids is 1. The second-order valence-corrected chi connectivity index (χ2v) is 16.6. The van der Waals surface area contributed by atoms with Gasteiger partial charge in [-0.2, -0.15) is 0 Å². The van der Waals surface area contributed by atoms with Crippen LogP contribution < -0.4 is 32.9 Å². The van der Waals surface area contributed by atoms with Crippen LogP contribution in [0.2, 0.25) is 0 Å². The molecule has 4 rings (SSSR count). The van der Waals surface area contributed by atoms with Gasteiger partial charge in [-0.3, -0.25) is 4.79 Å². The largest absolute Gasteiger partial charge is 1.00 e. The van der Waals surface area contributed by atoms with Gasteiger partial charge < -0.3 is 26.3 Å². The summed E-state index contributed by atoms with van der Waals surface area (Å²) in [5.41, 5.74) is 0. The third-order valence-corrected chi connectivity index (χ3v) is 14.0. The molecule has 0 aliphatic heterocycles. The summed E-state index contributed by atoms with van der Waals surface area (Å²) in [7, 11) is -1.88. The van der Waals surface area contributed by atoms with Gasteiger partial charge in [0.1, 0.15) is 23.2 Å². The molecule has 6 heteroatoms. The molecule has 0 fully saturated rings. The van der Waals surface area contributed by atoms with Crippen molar-refractivity contribution < 1.29 is 26.5 Å². The van der Waals surface area contributed by atoms with E-state index in [4.69, 9.17) is 4.74 Å². The quantitative estimate of drug-likeness (QED) is 0.0434. The van der Waals surface area contributed by atoms with Crippen molar-refractivity contribution in [1.29, 1.82) is 0 Å². The first-order valence-electron chi connectivity index (χ1n) is 18.4. The Bertz CT molecular complexity index is 1260. The predicted molar refractivity (Wildman–Crippen MR) is 202 cm³/mol. The van der Waals surface area contributed by atoms with Gasteiger partial charge in [0.2, 0.25) is 0 Å². The van der Waals surface area contributed by atoms with E-state index in [9.17, 15) is 4.79 Å². The molecule has 1 heterocycles. The summed E-state index contributed by atoms with van der Waals surface area (Å²) < 4.78 is 8.10. The predicted octanol–water partition coefficient (Wildman–Crippen LogP) is 7.23. The highest BCUT2D eigenvalue weighted by Crippen LogP contribution is 2.55. The average molecular weight is 734 g/mol. The number of imidazole rings is 1. The van der Waals surface area contributed by atoms with Crippen LogP contribution in [0.1, 0.15) is 116 Å². The van der Waals surface area contributed by atoms with Crippen molar-refractivity contribution in [1.82, 2.24) is 9.55 Å². The third-order valence-electron chi connectivity index (χ3n) is 9.50. The van der Waals surface area contributed by atoms with E-state index in [1.54, 1.807) is 0 Å². The lowest BCUT2D eigenvalue weighted by molar-refractivity contribution is -0.143. The fourth-order valence-electron chi connectivity index (χ4n) is 6.89. The number of ether oxygens (including phenoxy) is 1. The van der Waals surface area contributed by atoms with Gasteiger partial charge >= 0.3 is 5.97 Å². The van der Waals surface area contributed by atoms with Crippen molar-refractivity contribution in [3.05, 3.63) is 110 Å². The minimum Gasteiger partial charge on any atom is -1.00 e. The normalized spacial score (nSPS) is 11.9. The molecule has 3 aromatic carbocycles. The van der Waals surface area contributed by atoms with Crippen molar-refractivity contribution in [2.45, 2.75) is 116 Å². The van der Waals surface area contributed by atoms with E-state index in [0.29, 0.717) is 19.1 Å². The molecule has 0 unspecified atom stereocenters. The van der Waals surface area contributed by atoms with Crippen LogP contribution in [0.15, 0.2) is 110 Å². The summed E-state index contributed by atoms with van der Waals surface area (Å²) in [6.45, 7) is 2.76. The second kappa shape index (κ2) is 23.6. The monoisotopic (exact) mass is 732 g/mol. The Kier molecular flexibility index (Phi) is 19.5. The maximum atomic E-state index is 12.6. The Morgan fingerprint density at radius 1 is 0.667 bits per heavy atom. The molecule has 0 bridgehead atoms. The van der Waals surface area contributed by atoms with Crippen molar-refractivity contribution in [3.8, 4) is 0 Å². The number of hydrogen-bond donors (Lipinski definition) is 0. The molecule has 260 valence electrons. The number of rotatable bonds is 24. The first kappa shape index (κ1) is 39.7. The van der Waals surface area contributed by atoms with E-state index < -0.39 is 7.26 Å². The van der Waals surface area contributed by atoms with Crippen LogP contribution >= 0.6 is 7.26 Å². The Balaban J connectivity index is 0.00000625. The molecular formula is C42H58BrN2O2P. The van der Waals surface area contributed by atoms with Crippen LogP contribution in [-0.4, -0.2) is 28.3 Å². The first-order valence-corrected chi connectivity index (χ1v) is 20.4. The maximum absolute atomic E-state index is 12.6. The zero-order chi connectivity index (χ0) is 32.8. The van der Waals surface area contributed by atoms with Crippen molar-refractivity contribution >= 4 is 29.1 Å². The highest BCUT2D eigenvalue weighted by molar-refractivity contribution is 7.95. The van der Waals surface area contributed by atoms with Gasteiger partial charge in [0.05, 0.1) is 19.1 Å². The first-order chi connectivity index (χ1) is 23.2. The molecular weight excluding hydrogens is 675 g/mol. The lowest BCUT2D eigenvalue weighted by Crippen LogP contribution is -3.00. The number of esters is 1. The van der Waals surface area contributed by atoms with E-state index >= 15 is 0 Å². The summed E-state index contributed by atoms with van der Waals surface area (Å²) in [4.78, 5) is 16.9. The molecule has 0 aliphatic rings. The van der Waals surface area contributed by atoms with Gasteiger partial charge in [-0.15, -0.1) is 0 Å². The Morgan fingerprint density at radius 2 is 1.15 bits per heavy atom. The molecule has 0 saturated carbocycles. The number of aromatic nitrogens is 2. The molecule has 48 heavy (non-hydrogen) atoms. The number of carbonyl (C=O) groups is 1. The highest BCUT2D eigenvalue weighted by Gasteiger charge is 2.44.